The summed E-state index contributed by atoms with van der Waals surface area (Å²) in [5.41, 5.74) is 1.13. The second-order valence-corrected chi connectivity index (χ2v) is 6.67. The van der Waals surface area contributed by atoms with E-state index in [2.05, 4.69) is 24.8 Å². The molecule has 1 aliphatic heterocycles. The molecule has 2 fully saturated rings. The van der Waals surface area contributed by atoms with Crippen LogP contribution in [0, 0.1) is 18.3 Å². The fraction of sp³-hybridized carbons (Fsp3) is 0.529. The zero-order chi connectivity index (χ0) is 15.7. The molecule has 6 heteroatoms. The molecular weight excluding hydrogens is 290 g/mol. The van der Waals surface area contributed by atoms with E-state index < -0.39 is 0 Å². The largest absolute Gasteiger partial charge is 0.463 e. The van der Waals surface area contributed by atoms with Crippen molar-refractivity contribution in [3.05, 3.63) is 36.5 Å². The maximum atomic E-state index is 5.98. The number of anilines is 1. The monoisotopic (exact) mass is 311 g/mol. The molecule has 1 saturated heterocycles. The summed E-state index contributed by atoms with van der Waals surface area (Å²) in [6, 6.07) is 4.36. The molecule has 0 N–H and O–H groups in total. The predicted molar refractivity (Wildman–Crippen MR) is 86.3 cm³/mol. The van der Waals surface area contributed by atoms with Gasteiger partial charge >= 0.3 is 6.01 Å². The molecule has 0 aromatic carbocycles. The van der Waals surface area contributed by atoms with Gasteiger partial charge in [-0.3, -0.25) is 0 Å². The quantitative estimate of drug-likeness (QED) is 0.863. The number of aromatic nitrogens is 4. The van der Waals surface area contributed by atoms with Gasteiger partial charge in [0.1, 0.15) is 12.1 Å². The van der Waals surface area contributed by atoms with E-state index in [0.29, 0.717) is 18.5 Å². The molecule has 2 aromatic rings. The van der Waals surface area contributed by atoms with Crippen LogP contribution in [0.15, 0.2) is 30.9 Å². The fourth-order valence-electron chi connectivity index (χ4n) is 4.00. The summed E-state index contributed by atoms with van der Waals surface area (Å²) >= 11 is 0. The third-order valence-corrected chi connectivity index (χ3v) is 5.19. The highest BCUT2D eigenvalue weighted by Gasteiger charge is 2.50. The smallest absolute Gasteiger partial charge is 0.316 e. The average Bonchev–Trinajstić information content (AvgIpc) is 3.11. The minimum absolute atomic E-state index is 0.193. The third-order valence-electron chi connectivity index (χ3n) is 5.19. The predicted octanol–water partition coefficient (Wildman–Crippen LogP) is 2.26. The van der Waals surface area contributed by atoms with Gasteiger partial charge in [-0.2, -0.15) is 0 Å². The molecule has 3 heterocycles. The van der Waals surface area contributed by atoms with E-state index in [0.717, 1.165) is 24.6 Å². The molecule has 2 atom stereocenters. The standard InChI is InChI=1S/C17H21N5O/c1-13-4-8-19-16(21-13)23-11-17-6-2-3-14(17)9-22(10-17)15-5-7-18-12-20-15/h4-5,7-8,12,14H,2-3,6,9-11H2,1H3. The maximum absolute atomic E-state index is 5.98. The Hall–Kier alpha value is -2.24. The van der Waals surface area contributed by atoms with E-state index in [9.17, 15) is 0 Å². The first-order valence-corrected chi connectivity index (χ1v) is 8.19. The fourth-order valence-corrected chi connectivity index (χ4v) is 4.00. The van der Waals surface area contributed by atoms with Gasteiger partial charge in [0.2, 0.25) is 0 Å². The Labute approximate surface area is 136 Å². The molecule has 120 valence electrons. The average molecular weight is 311 g/mol. The number of aryl methyl sites for hydroxylation is 1. The van der Waals surface area contributed by atoms with Crippen LogP contribution in [0.3, 0.4) is 0 Å². The van der Waals surface area contributed by atoms with Gasteiger partial charge in [-0.05, 0) is 37.8 Å². The number of hydrogen-bond donors (Lipinski definition) is 0. The summed E-state index contributed by atoms with van der Waals surface area (Å²) in [6.45, 7) is 4.68. The van der Waals surface area contributed by atoms with Gasteiger partial charge in [-0.1, -0.05) is 6.42 Å². The molecule has 0 radical (unpaired) electrons. The molecule has 0 spiro atoms. The van der Waals surface area contributed by atoms with E-state index in [1.54, 1.807) is 18.7 Å². The van der Waals surface area contributed by atoms with Crippen LogP contribution in [0.25, 0.3) is 0 Å². The van der Waals surface area contributed by atoms with Gasteiger partial charge in [0, 0.05) is 36.6 Å². The molecule has 1 aliphatic carbocycles. The van der Waals surface area contributed by atoms with Crippen LogP contribution in [0.2, 0.25) is 0 Å². The highest BCUT2D eigenvalue weighted by molar-refractivity contribution is 5.40. The maximum Gasteiger partial charge on any atom is 0.316 e. The normalized spacial score (nSPS) is 26.3. The van der Waals surface area contributed by atoms with Crippen molar-refractivity contribution in [3.63, 3.8) is 0 Å². The number of hydrogen-bond acceptors (Lipinski definition) is 6. The topological polar surface area (TPSA) is 64.0 Å². The lowest BCUT2D eigenvalue weighted by Crippen LogP contribution is -2.34. The molecule has 2 unspecified atom stereocenters. The van der Waals surface area contributed by atoms with Crippen molar-refractivity contribution in [1.82, 2.24) is 19.9 Å². The highest BCUT2D eigenvalue weighted by Crippen LogP contribution is 2.49. The lowest BCUT2D eigenvalue weighted by Gasteiger charge is -2.28. The first kappa shape index (κ1) is 14.4. The number of fused-ring (bicyclic) bond motifs is 1. The first-order chi connectivity index (χ1) is 11.3. The van der Waals surface area contributed by atoms with Crippen molar-refractivity contribution < 1.29 is 4.74 Å². The van der Waals surface area contributed by atoms with Crippen molar-refractivity contribution in [3.8, 4) is 6.01 Å². The molecule has 6 nitrogen and oxygen atoms in total. The van der Waals surface area contributed by atoms with Crippen LogP contribution in [-0.2, 0) is 0 Å². The summed E-state index contributed by atoms with van der Waals surface area (Å²) in [4.78, 5) is 19.4. The Balaban J connectivity index is 1.49. The molecule has 2 aromatic heterocycles. The molecule has 4 rings (SSSR count). The third kappa shape index (κ3) is 2.73. The van der Waals surface area contributed by atoms with Gasteiger partial charge in [-0.15, -0.1) is 0 Å². The summed E-state index contributed by atoms with van der Waals surface area (Å²) < 4.78 is 5.98. The Morgan fingerprint density at radius 3 is 3.09 bits per heavy atom. The van der Waals surface area contributed by atoms with Gasteiger partial charge in [0.15, 0.2) is 0 Å². The highest BCUT2D eigenvalue weighted by atomic mass is 16.5. The molecule has 1 saturated carbocycles. The van der Waals surface area contributed by atoms with Gasteiger partial charge < -0.3 is 9.64 Å². The van der Waals surface area contributed by atoms with Crippen molar-refractivity contribution >= 4 is 5.82 Å². The summed E-state index contributed by atoms with van der Waals surface area (Å²) in [6.07, 6.45) is 8.92. The Morgan fingerprint density at radius 1 is 1.30 bits per heavy atom. The van der Waals surface area contributed by atoms with Gasteiger partial charge in [0.05, 0.1) is 6.61 Å². The van der Waals surface area contributed by atoms with Crippen molar-refractivity contribution in [2.75, 3.05) is 24.6 Å². The molecule has 23 heavy (non-hydrogen) atoms. The molecule has 0 bridgehead atoms. The number of ether oxygens (including phenoxy) is 1. The zero-order valence-electron chi connectivity index (χ0n) is 13.4. The van der Waals surface area contributed by atoms with Crippen LogP contribution < -0.4 is 9.64 Å². The van der Waals surface area contributed by atoms with Crippen LogP contribution in [0.4, 0.5) is 5.82 Å². The molecule has 0 amide bonds. The minimum atomic E-state index is 0.193. The number of nitrogens with zero attached hydrogens (tertiary/aromatic N) is 5. The number of rotatable bonds is 4. The van der Waals surface area contributed by atoms with Gasteiger partial charge in [-0.25, -0.2) is 19.9 Å². The van der Waals surface area contributed by atoms with Crippen LogP contribution in [-0.4, -0.2) is 39.6 Å². The van der Waals surface area contributed by atoms with Crippen LogP contribution in [0.5, 0.6) is 6.01 Å². The molecule has 2 aliphatic rings. The summed E-state index contributed by atoms with van der Waals surface area (Å²) in [7, 11) is 0. The Bertz CT molecular complexity index is 680. The second kappa shape index (κ2) is 5.76. The van der Waals surface area contributed by atoms with Crippen LogP contribution >= 0.6 is 0 Å². The van der Waals surface area contributed by atoms with E-state index >= 15 is 0 Å². The van der Waals surface area contributed by atoms with E-state index in [1.807, 2.05) is 19.1 Å². The molecular formula is C17H21N5O. The summed E-state index contributed by atoms with van der Waals surface area (Å²) in [5, 5.41) is 0. The Kier molecular flexibility index (Phi) is 3.59. The van der Waals surface area contributed by atoms with Crippen LogP contribution in [0.1, 0.15) is 25.0 Å². The first-order valence-electron chi connectivity index (χ1n) is 8.19. The van der Waals surface area contributed by atoms with E-state index in [-0.39, 0.29) is 5.41 Å². The van der Waals surface area contributed by atoms with Crippen molar-refractivity contribution in [2.45, 2.75) is 26.2 Å². The Morgan fingerprint density at radius 2 is 2.26 bits per heavy atom. The lowest BCUT2D eigenvalue weighted by molar-refractivity contribution is 0.130. The van der Waals surface area contributed by atoms with E-state index in [4.69, 9.17) is 4.74 Å². The minimum Gasteiger partial charge on any atom is -0.463 e. The van der Waals surface area contributed by atoms with Gasteiger partial charge in [0.25, 0.3) is 0 Å². The van der Waals surface area contributed by atoms with Crippen molar-refractivity contribution in [2.24, 2.45) is 11.3 Å². The summed E-state index contributed by atoms with van der Waals surface area (Å²) in [5.74, 6) is 1.67. The van der Waals surface area contributed by atoms with E-state index in [1.165, 1.54) is 19.3 Å². The second-order valence-electron chi connectivity index (χ2n) is 6.67. The SMILES string of the molecule is Cc1ccnc(OCC23CCCC2CN(c2ccncn2)C3)n1. The zero-order valence-corrected chi connectivity index (χ0v) is 13.4. The van der Waals surface area contributed by atoms with Crippen molar-refractivity contribution in [1.29, 1.82) is 0 Å². The lowest BCUT2D eigenvalue weighted by atomic mass is 9.82.